The molecule has 2 aromatic heterocycles. The normalized spacial score (nSPS) is 10.9. The van der Waals surface area contributed by atoms with E-state index in [-0.39, 0.29) is 0 Å². The Morgan fingerprint density at radius 3 is 2.41 bits per heavy atom. The average molecular weight is 354 g/mol. The molecule has 4 rings (SSSR count). The highest BCUT2D eigenvalue weighted by Gasteiger charge is 2.13. The van der Waals surface area contributed by atoms with Crippen molar-refractivity contribution in [1.29, 1.82) is 0 Å². The lowest BCUT2D eigenvalue weighted by atomic mass is 10.1. The fraction of sp³-hybridized carbons (Fsp3) is 0.174. The van der Waals surface area contributed by atoms with Crippen LogP contribution in [0.5, 0.6) is 0 Å². The van der Waals surface area contributed by atoms with Crippen molar-refractivity contribution < 1.29 is 0 Å². The Morgan fingerprint density at radius 2 is 1.63 bits per heavy atom. The Hall–Kier alpha value is -3.27. The highest BCUT2D eigenvalue weighted by Crippen LogP contribution is 2.27. The summed E-state index contributed by atoms with van der Waals surface area (Å²) < 4.78 is 0. The number of fused-ring (bicyclic) bond motifs is 1. The molecule has 0 aliphatic carbocycles. The molecule has 0 N–H and O–H groups in total. The molecule has 4 nitrogen and oxygen atoms in total. The summed E-state index contributed by atoms with van der Waals surface area (Å²) in [5.74, 6) is 1.71. The number of aryl methyl sites for hydroxylation is 1. The van der Waals surface area contributed by atoms with E-state index in [2.05, 4.69) is 60.3 Å². The van der Waals surface area contributed by atoms with Gasteiger partial charge in [0.15, 0.2) is 5.82 Å². The first-order valence-electron chi connectivity index (χ1n) is 9.15. The standard InChI is InChI=1S/C23H22N4/c1-17-10-12-18(13-11-17)22-25-21-9-4-3-8-20(21)23(26-22)27(2)16-14-19-7-5-6-15-24-19/h3-13,15H,14,16H2,1-2H3. The van der Waals surface area contributed by atoms with Crippen LogP contribution in [0.3, 0.4) is 0 Å². The lowest BCUT2D eigenvalue weighted by Crippen LogP contribution is -2.22. The van der Waals surface area contributed by atoms with E-state index in [9.17, 15) is 0 Å². The van der Waals surface area contributed by atoms with Gasteiger partial charge in [-0.15, -0.1) is 0 Å². The van der Waals surface area contributed by atoms with Crippen LogP contribution in [0.2, 0.25) is 0 Å². The first kappa shape index (κ1) is 17.2. The summed E-state index contributed by atoms with van der Waals surface area (Å²) in [6.45, 7) is 2.92. The number of para-hydroxylation sites is 1. The largest absolute Gasteiger partial charge is 0.359 e. The Morgan fingerprint density at radius 1 is 0.852 bits per heavy atom. The molecule has 0 atom stereocenters. The molecular weight excluding hydrogens is 332 g/mol. The SMILES string of the molecule is Cc1ccc(-c2nc(N(C)CCc3ccccn3)c3ccccc3n2)cc1. The minimum atomic E-state index is 0.758. The van der Waals surface area contributed by atoms with Gasteiger partial charge in [-0.05, 0) is 31.2 Å². The van der Waals surface area contributed by atoms with Gasteiger partial charge in [-0.2, -0.15) is 0 Å². The van der Waals surface area contributed by atoms with E-state index < -0.39 is 0 Å². The zero-order chi connectivity index (χ0) is 18.6. The van der Waals surface area contributed by atoms with Crippen LogP contribution in [-0.2, 0) is 6.42 Å². The Labute approximate surface area is 159 Å². The maximum Gasteiger partial charge on any atom is 0.162 e. The minimum Gasteiger partial charge on any atom is -0.359 e. The summed E-state index contributed by atoms with van der Waals surface area (Å²) in [5.41, 5.74) is 4.31. The van der Waals surface area contributed by atoms with Crippen LogP contribution in [-0.4, -0.2) is 28.5 Å². The van der Waals surface area contributed by atoms with Gasteiger partial charge in [-0.1, -0.05) is 48.0 Å². The van der Waals surface area contributed by atoms with Crippen LogP contribution in [0.4, 0.5) is 5.82 Å². The summed E-state index contributed by atoms with van der Waals surface area (Å²) >= 11 is 0. The first-order chi connectivity index (χ1) is 13.2. The molecule has 0 amide bonds. The van der Waals surface area contributed by atoms with Crippen LogP contribution in [0.1, 0.15) is 11.3 Å². The van der Waals surface area contributed by atoms with Crippen molar-refractivity contribution >= 4 is 16.7 Å². The van der Waals surface area contributed by atoms with Gasteiger partial charge in [0, 0.05) is 42.9 Å². The van der Waals surface area contributed by atoms with E-state index >= 15 is 0 Å². The zero-order valence-electron chi connectivity index (χ0n) is 15.6. The third-order valence-electron chi connectivity index (χ3n) is 4.68. The Kier molecular flexibility index (Phi) is 4.79. The van der Waals surface area contributed by atoms with Crippen molar-refractivity contribution in [3.05, 3.63) is 84.2 Å². The number of hydrogen-bond acceptors (Lipinski definition) is 4. The smallest absolute Gasteiger partial charge is 0.162 e. The second kappa shape index (κ2) is 7.54. The van der Waals surface area contributed by atoms with E-state index in [1.807, 2.05) is 36.5 Å². The molecule has 0 radical (unpaired) electrons. The van der Waals surface area contributed by atoms with E-state index in [0.29, 0.717) is 0 Å². The molecular formula is C23H22N4. The van der Waals surface area contributed by atoms with Crippen molar-refractivity contribution in [2.75, 3.05) is 18.5 Å². The molecule has 4 aromatic rings. The average Bonchev–Trinajstić information content (AvgIpc) is 2.72. The molecule has 0 saturated carbocycles. The van der Waals surface area contributed by atoms with Gasteiger partial charge in [-0.3, -0.25) is 4.98 Å². The number of aromatic nitrogens is 3. The maximum atomic E-state index is 4.91. The highest BCUT2D eigenvalue weighted by atomic mass is 15.2. The van der Waals surface area contributed by atoms with Crippen molar-refractivity contribution in [1.82, 2.24) is 15.0 Å². The summed E-state index contributed by atoms with van der Waals surface area (Å²) in [6, 6.07) is 22.6. The highest BCUT2D eigenvalue weighted by molar-refractivity contribution is 5.91. The van der Waals surface area contributed by atoms with Gasteiger partial charge >= 0.3 is 0 Å². The molecule has 4 heteroatoms. The van der Waals surface area contributed by atoms with Crippen molar-refractivity contribution in [2.24, 2.45) is 0 Å². The van der Waals surface area contributed by atoms with Crippen molar-refractivity contribution in [3.8, 4) is 11.4 Å². The molecule has 0 unspecified atom stereocenters. The molecule has 2 heterocycles. The molecule has 0 saturated heterocycles. The molecule has 134 valence electrons. The Balaban J connectivity index is 1.70. The molecule has 27 heavy (non-hydrogen) atoms. The van der Waals surface area contributed by atoms with Gasteiger partial charge in [0.2, 0.25) is 0 Å². The monoisotopic (exact) mass is 354 g/mol. The predicted octanol–water partition coefficient (Wildman–Crippen LogP) is 4.68. The van der Waals surface area contributed by atoms with Gasteiger partial charge in [-0.25, -0.2) is 9.97 Å². The van der Waals surface area contributed by atoms with E-state index in [1.165, 1.54) is 5.56 Å². The second-order valence-electron chi connectivity index (χ2n) is 6.75. The van der Waals surface area contributed by atoms with Crippen molar-refractivity contribution in [2.45, 2.75) is 13.3 Å². The van der Waals surface area contributed by atoms with Gasteiger partial charge in [0.1, 0.15) is 5.82 Å². The second-order valence-corrected chi connectivity index (χ2v) is 6.75. The van der Waals surface area contributed by atoms with Gasteiger partial charge in [0.05, 0.1) is 5.52 Å². The molecule has 2 aromatic carbocycles. The fourth-order valence-corrected chi connectivity index (χ4v) is 3.12. The van der Waals surface area contributed by atoms with Gasteiger partial charge < -0.3 is 4.90 Å². The lowest BCUT2D eigenvalue weighted by Gasteiger charge is -2.20. The first-order valence-corrected chi connectivity index (χ1v) is 9.15. The molecule has 0 aliphatic heterocycles. The summed E-state index contributed by atoms with van der Waals surface area (Å²) in [5, 5.41) is 1.07. The zero-order valence-corrected chi connectivity index (χ0v) is 15.6. The number of nitrogens with zero attached hydrogens (tertiary/aromatic N) is 4. The maximum absolute atomic E-state index is 4.91. The number of hydrogen-bond donors (Lipinski definition) is 0. The summed E-state index contributed by atoms with van der Waals surface area (Å²) in [7, 11) is 2.08. The number of anilines is 1. The van der Waals surface area contributed by atoms with E-state index in [4.69, 9.17) is 9.97 Å². The number of likely N-dealkylation sites (N-methyl/N-ethyl adjacent to an activating group) is 1. The molecule has 0 aliphatic rings. The number of benzene rings is 2. The van der Waals surface area contributed by atoms with E-state index in [0.717, 1.165) is 46.8 Å². The van der Waals surface area contributed by atoms with Crippen LogP contribution in [0.25, 0.3) is 22.3 Å². The predicted molar refractivity (Wildman–Crippen MR) is 111 cm³/mol. The molecule has 0 spiro atoms. The van der Waals surface area contributed by atoms with Gasteiger partial charge in [0.25, 0.3) is 0 Å². The minimum absolute atomic E-state index is 0.758. The van der Waals surface area contributed by atoms with Crippen molar-refractivity contribution in [3.63, 3.8) is 0 Å². The van der Waals surface area contributed by atoms with Crippen LogP contribution in [0, 0.1) is 6.92 Å². The fourth-order valence-electron chi connectivity index (χ4n) is 3.12. The third-order valence-corrected chi connectivity index (χ3v) is 4.68. The molecule has 0 fully saturated rings. The number of rotatable bonds is 5. The summed E-state index contributed by atoms with van der Waals surface area (Å²) in [4.78, 5) is 16.3. The third kappa shape index (κ3) is 3.80. The number of pyridine rings is 1. The quantitative estimate of drug-likeness (QED) is 0.522. The molecule has 0 bridgehead atoms. The topological polar surface area (TPSA) is 41.9 Å². The van der Waals surface area contributed by atoms with Crippen LogP contribution >= 0.6 is 0 Å². The summed E-state index contributed by atoms with van der Waals surface area (Å²) in [6.07, 6.45) is 2.71. The Bertz CT molecular complexity index is 1040. The lowest BCUT2D eigenvalue weighted by molar-refractivity contribution is 0.841. The van der Waals surface area contributed by atoms with Crippen LogP contribution < -0.4 is 4.90 Å². The van der Waals surface area contributed by atoms with E-state index in [1.54, 1.807) is 0 Å². The van der Waals surface area contributed by atoms with Crippen LogP contribution in [0.15, 0.2) is 72.9 Å².